The first-order valence-corrected chi connectivity index (χ1v) is 6.78. The number of nitrogens with zero attached hydrogens (tertiary/aromatic N) is 2. The minimum Gasteiger partial charge on any atom is -0.389 e. The molecule has 0 atom stereocenters. The van der Waals surface area contributed by atoms with E-state index in [9.17, 15) is 9.90 Å². The molecule has 1 rings (SSSR count). The number of hydrogen-bond acceptors (Lipinski definition) is 3. The van der Waals surface area contributed by atoms with Gasteiger partial charge in [0.25, 0.3) is 0 Å². The molecule has 0 aliphatic rings. The first kappa shape index (κ1) is 16.3. The minimum absolute atomic E-state index is 0.202. The highest BCUT2D eigenvalue weighted by Gasteiger charge is 2.21. The molecule has 5 heteroatoms. The maximum atomic E-state index is 12.1. The van der Waals surface area contributed by atoms with E-state index in [2.05, 4.69) is 5.32 Å². The first-order chi connectivity index (χ1) is 9.23. The normalized spacial score (nSPS) is 11.1. The molecule has 2 N–H and O–H groups in total. The predicted molar refractivity (Wildman–Crippen MR) is 83.3 cm³/mol. The van der Waals surface area contributed by atoms with Gasteiger partial charge in [-0.1, -0.05) is 0 Å². The molecule has 0 saturated carbocycles. The number of urea groups is 1. The number of carbonyl (C=O) groups is 1. The highest BCUT2D eigenvalue weighted by molar-refractivity contribution is 5.89. The summed E-state index contributed by atoms with van der Waals surface area (Å²) in [6, 6.07) is 7.42. The number of aliphatic hydroxyl groups is 1. The van der Waals surface area contributed by atoms with Crippen LogP contribution in [0.2, 0.25) is 0 Å². The number of likely N-dealkylation sites (N-methyl/N-ethyl adjacent to an activating group) is 1. The lowest BCUT2D eigenvalue weighted by molar-refractivity contribution is 0.0501. The van der Waals surface area contributed by atoms with E-state index in [4.69, 9.17) is 0 Å². The summed E-state index contributed by atoms with van der Waals surface area (Å²) in [5.74, 6) is 0. The number of carbonyl (C=O) groups excluding carboxylic acids is 1. The molecule has 0 heterocycles. The Bertz CT molecular complexity index is 435. The maximum Gasteiger partial charge on any atom is 0.321 e. The van der Waals surface area contributed by atoms with E-state index in [1.54, 1.807) is 18.7 Å². The summed E-state index contributed by atoms with van der Waals surface area (Å²) in [7, 11) is 3.94. The lowest BCUT2D eigenvalue weighted by Gasteiger charge is -2.28. The molecule has 0 radical (unpaired) electrons. The molecule has 0 unspecified atom stereocenters. The Morgan fingerprint density at radius 2 is 1.80 bits per heavy atom. The Morgan fingerprint density at radius 1 is 1.25 bits per heavy atom. The van der Waals surface area contributed by atoms with Gasteiger partial charge in [-0.2, -0.15) is 0 Å². The fourth-order valence-electron chi connectivity index (χ4n) is 1.84. The molecule has 0 fully saturated rings. The molecule has 20 heavy (non-hydrogen) atoms. The van der Waals surface area contributed by atoms with Crippen LogP contribution < -0.4 is 10.2 Å². The van der Waals surface area contributed by atoms with Crippen molar-refractivity contribution < 1.29 is 9.90 Å². The van der Waals surface area contributed by atoms with Crippen molar-refractivity contribution in [2.24, 2.45) is 0 Å². The number of rotatable bonds is 5. The second kappa shape index (κ2) is 6.61. The highest BCUT2D eigenvalue weighted by atomic mass is 16.3. The zero-order chi connectivity index (χ0) is 15.3. The largest absolute Gasteiger partial charge is 0.389 e. The van der Waals surface area contributed by atoms with Crippen molar-refractivity contribution in [1.82, 2.24) is 4.90 Å². The van der Waals surface area contributed by atoms with Crippen LogP contribution in [-0.4, -0.2) is 48.8 Å². The van der Waals surface area contributed by atoms with Crippen molar-refractivity contribution in [2.45, 2.75) is 26.4 Å². The van der Waals surface area contributed by atoms with E-state index in [0.29, 0.717) is 13.1 Å². The van der Waals surface area contributed by atoms with Crippen LogP contribution >= 0.6 is 0 Å². The van der Waals surface area contributed by atoms with Gasteiger partial charge in [0.1, 0.15) is 0 Å². The summed E-state index contributed by atoms with van der Waals surface area (Å²) in [6.07, 6.45) is 0. The summed E-state index contributed by atoms with van der Waals surface area (Å²) in [6.45, 7) is 6.11. The zero-order valence-corrected chi connectivity index (χ0v) is 13.0. The van der Waals surface area contributed by atoms with Gasteiger partial charge in [-0.15, -0.1) is 0 Å². The molecule has 1 aromatic carbocycles. The van der Waals surface area contributed by atoms with Gasteiger partial charge in [-0.3, -0.25) is 0 Å². The lowest BCUT2D eigenvalue weighted by atomic mass is 10.1. The molecule has 0 spiro atoms. The summed E-state index contributed by atoms with van der Waals surface area (Å²) in [5, 5.41) is 12.6. The van der Waals surface area contributed by atoms with Gasteiger partial charge >= 0.3 is 6.03 Å². The van der Waals surface area contributed by atoms with Gasteiger partial charge < -0.3 is 20.2 Å². The van der Waals surface area contributed by atoms with E-state index in [-0.39, 0.29) is 6.03 Å². The number of nitrogens with one attached hydrogen (secondary N) is 1. The Labute approximate surface area is 121 Å². The quantitative estimate of drug-likeness (QED) is 0.870. The van der Waals surface area contributed by atoms with Crippen LogP contribution in [0, 0.1) is 0 Å². The third kappa shape index (κ3) is 5.09. The minimum atomic E-state index is -0.901. The van der Waals surface area contributed by atoms with Crippen molar-refractivity contribution in [3.05, 3.63) is 24.3 Å². The molecule has 0 bridgehead atoms. The second-order valence-corrected chi connectivity index (χ2v) is 5.70. The van der Waals surface area contributed by atoms with Gasteiger partial charge in [-0.05, 0) is 45.0 Å². The third-order valence-electron chi connectivity index (χ3n) is 2.88. The van der Waals surface area contributed by atoms with E-state index in [1.165, 1.54) is 0 Å². The molecule has 112 valence electrons. The third-order valence-corrected chi connectivity index (χ3v) is 2.88. The molecular formula is C15H25N3O2. The molecule has 0 saturated heterocycles. The van der Waals surface area contributed by atoms with Crippen molar-refractivity contribution in [3.8, 4) is 0 Å². The van der Waals surface area contributed by atoms with Crippen molar-refractivity contribution in [3.63, 3.8) is 0 Å². The van der Waals surface area contributed by atoms with E-state index in [1.807, 2.05) is 50.2 Å². The SMILES string of the molecule is CCN(CC(C)(C)O)C(=O)Nc1ccc(N(C)C)cc1. The Hall–Kier alpha value is -1.75. The summed E-state index contributed by atoms with van der Waals surface area (Å²) < 4.78 is 0. The van der Waals surface area contributed by atoms with Gasteiger partial charge in [0.05, 0.1) is 12.1 Å². The standard InChI is InChI=1S/C15H25N3O2/c1-6-18(11-15(2,3)20)14(19)16-12-7-9-13(10-8-12)17(4)5/h7-10,20H,6,11H2,1-5H3,(H,16,19). The molecule has 0 aromatic heterocycles. The lowest BCUT2D eigenvalue weighted by Crippen LogP contribution is -2.44. The summed E-state index contributed by atoms with van der Waals surface area (Å²) in [5.41, 5.74) is 0.920. The van der Waals surface area contributed by atoms with Gasteiger partial charge in [0.15, 0.2) is 0 Å². The van der Waals surface area contributed by atoms with Crippen LogP contribution in [-0.2, 0) is 0 Å². The molecule has 2 amide bonds. The highest BCUT2D eigenvalue weighted by Crippen LogP contribution is 2.16. The number of benzene rings is 1. The molecule has 0 aliphatic heterocycles. The Morgan fingerprint density at radius 3 is 2.20 bits per heavy atom. The summed E-state index contributed by atoms with van der Waals surface area (Å²) >= 11 is 0. The van der Waals surface area contributed by atoms with E-state index >= 15 is 0 Å². The van der Waals surface area contributed by atoms with Gasteiger partial charge in [-0.25, -0.2) is 4.79 Å². The van der Waals surface area contributed by atoms with Crippen LogP contribution in [0.1, 0.15) is 20.8 Å². The first-order valence-electron chi connectivity index (χ1n) is 6.78. The monoisotopic (exact) mass is 279 g/mol. The van der Waals surface area contributed by atoms with Crippen molar-refractivity contribution in [1.29, 1.82) is 0 Å². The van der Waals surface area contributed by atoms with Gasteiger partial charge in [0.2, 0.25) is 0 Å². The fourth-order valence-corrected chi connectivity index (χ4v) is 1.84. The van der Waals surface area contributed by atoms with Crippen LogP contribution in [0.15, 0.2) is 24.3 Å². The maximum absolute atomic E-state index is 12.1. The summed E-state index contributed by atoms with van der Waals surface area (Å²) in [4.78, 5) is 15.7. The van der Waals surface area contributed by atoms with E-state index < -0.39 is 5.60 Å². The van der Waals surface area contributed by atoms with E-state index in [0.717, 1.165) is 11.4 Å². The van der Waals surface area contributed by atoms with Crippen LogP contribution in [0.25, 0.3) is 0 Å². The predicted octanol–water partition coefficient (Wildman–Crippen LogP) is 2.38. The topological polar surface area (TPSA) is 55.8 Å². The molecular weight excluding hydrogens is 254 g/mol. The van der Waals surface area contributed by atoms with Crippen LogP contribution in [0.5, 0.6) is 0 Å². The second-order valence-electron chi connectivity index (χ2n) is 5.70. The number of hydrogen-bond donors (Lipinski definition) is 2. The van der Waals surface area contributed by atoms with Crippen molar-refractivity contribution >= 4 is 17.4 Å². The van der Waals surface area contributed by atoms with Crippen molar-refractivity contribution in [2.75, 3.05) is 37.4 Å². The Balaban J connectivity index is 2.68. The van der Waals surface area contributed by atoms with Crippen LogP contribution in [0.3, 0.4) is 0 Å². The zero-order valence-electron chi connectivity index (χ0n) is 13.0. The average molecular weight is 279 g/mol. The Kier molecular flexibility index (Phi) is 5.39. The number of anilines is 2. The molecule has 1 aromatic rings. The number of amides is 2. The van der Waals surface area contributed by atoms with Crippen LogP contribution in [0.4, 0.5) is 16.2 Å². The fraction of sp³-hybridized carbons (Fsp3) is 0.533. The average Bonchev–Trinajstić information content (AvgIpc) is 2.35. The van der Waals surface area contributed by atoms with Gasteiger partial charge in [0, 0.05) is 32.0 Å². The smallest absolute Gasteiger partial charge is 0.321 e. The molecule has 5 nitrogen and oxygen atoms in total. The molecule has 0 aliphatic carbocycles.